The zero-order chi connectivity index (χ0) is 22.9. The Balaban J connectivity index is 1.45. The van der Waals surface area contributed by atoms with E-state index in [1.807, 2.05) is 32.0 Å². The van der Waals surface area contributed by atoms with Gasteiger partial charge in [0.05, 0.1) is 18.3 Å². The van der Waals surface area contributed by atoms with Gasteiger partial charge in [-0.15, -0.1) is 0 Å². The van der Waals surface area contributed by atoms with Crippen LogP contribution in [0.2, 0.25) is 0 Å². The SMILES string of the molecule is Cc1ccc(C(=O)NCC(=O)N/N=C/c2ccc(OC(=O)c3cccc(C)c3)cc2)cc1. The maximum absolute atomic E-state index is 12.2. The summed E-state index contributed by atoms with van der Waals surface area (Å²) in [5.74, 6) is -0.822. The summed E-state index contributed by atoms with van der Waals surface area (Å²) in [6.07, 6.45) is 1.45. The smallest absolute Gasteiger partial charge is 0.343 e. The molecule has 3 aromatic rings. The maximum atomic E-state index is 12.2. The fraction of sp³-hybridized carbons (Fsp3) is 0.120. The average molecular weight is 429 g/mol. The molecule has 0 bridgehead atoms. The van der Waals surface area contributed by atoms with Crippen LogP contribution in [0.5, 0.6) is 5.75 Å². The Labute approximate surface area is 186 Å². The molecule has 0 aliphatic rings. The van der Waals surface area contributed by atoms with E-state index < -0.39 is 11.9 Å². The molecule has 0 saturated carbocycles. The van der Waals surface area contributed by atoms with Gasteiger partial charge < -0.3 is 10.1 Å². The number of carbonyl (C=O) groups is 3. The van der Waals surface area contributed by atoms with Gasteiger partial charge in [0.15, 0.2) is 0 Å². The van der Waals surface area contributed by atoms with E-state index in [9.17, 15) is 14.4 Å². The van der Waals surface area contributed by atoms with Gasteiger partial charge in [0, 0.05) is 5.56 Å². The highest BCUT2D eigenvalue weighted by Gasteiger charge is 2.09. The van der Waals surface area contributed by atoms with Crippen molar-refractivity contribution in [1.82, 2.24) is 10.7 Å². The van der Waals surface area contributed by atoms with Crippen molar-refractivity contribution in [1.29, 1.82) is 0 Å². The van der Waals surface area contributed by atoms with E-state index in [0.717, 1.165) is 11.1 Å². The van der Waals surface area contributed by atoms with Gasteiger partial charge in [-0.2, -0.15) is 5.10 Å². The van der Waals surface area contributed by atoms with Crippen molar-refractivity contribution < 1.29 is 19.1 Å². The molecule has 3 rings (SSSR count). The predicted molar refractivity (Wildman–Crippen MR) is 122 cm³/mol. The quantitative estimate of drug-likeness (QED) is 0.260. The van der Waals surface area contributed by atoms with Crippen LogP contribution in [-0.2, 0) is 4.79 Å². The number of hydrogen-bond acceptors (Lipinski definition) is 5. The van der Waals surface area contributed by atoms with Gasteiger partial charge in [0.25, 0.3) is 11.8 Å². The van der Waals surface area contributed by atoms with E-state index in [1.165, 1.54) is 6.21 Å². The number of nitrogens with zero attached hydrogens (tertiary/aromatic N) is 1. The Morgan fingerprint density at radius 3 is 2.28 bits per heavy atom. The fourth-order valence-corrected chi connectivity index (χ4v) is 2.75. The Morgan fingerprint density at radius 2 is 1.59 bits per heavy atom. The molecule has 162 valence electrons. The van der Waals surface area contributed by atoms with Crippen molar-refractivity contribution in [3.63, 3.8) is 0 Å². The third-order valence-electron chi connectivity index (χ3n) is 4.47. The molecule has 0 radical (unpaired) electrons. The first-order valence-corrected chi connectivity index (χ1v) is 9.96. The first-order chi connectivity index (χ1) is 15.4. The highest BCUT2D eigenvalue weighted by Crippen LogP contribution is 2.14. The Bertz CT molecular complexity index is 1140. The van der Waals surface area contributed by atoms with Crippen LogP contribution in [0.3, 0.4) is 0 Å². The van der Waals surface area contributed by atoms with Crippen molar-refractivity contribution in [3.05, 3.63) is 101 Å². The average Bonchev–Trinajstić information content (AvgIpc) is 2.79. The highest BCUT2D eigenvalue weighted by molar-refractivity contribution is 5.96. The number of aryl methyl sites for hydroxylation is 2. The minimum absolute atomic E-state index is 0.197. The molecule has 2 amide bonds. The molecular formula is C25H23N3O4. The second kappa shape index (κ2) is 10.7. The molecule has 2 N–H and O–H groups in total. The molecule has 0 fully saturated rings. The first-order valence-electron chi connectivity index (χ1n) is 9.96. The molecule has 0 aliphatic heterocycles. The molecule has 3 aromatic carbocycles. The van der Waals surface area contributed by atoms with Crippen molar-refractivity contribution >= 4 is 24.0 Å². The van der Waals surface area contributed by atoms with Crippen LogP contribution >= 0.6 is 0 Å². The van der Waals surface area contributed by atoms with Crippen LogP contribution in [0, 0.1) is 13.8 Å². The predicted octanol–water partition coefficient (Wildman–Crippen LogP) is 3.40. The summed E-state index contributed by atoms with van der Waals surface area (Å²) in [5, 5.41) is 6.40. The molecule has 7 heteroatoms. The van der Waals surface area contributed by atoms with E-state index in [0.29, 0.717) is 22.4 Å². The molecule has 7 nitrogen and oxygen atoms in total. The Hall–Kier alpha value is -4.26. The molecule has 32 heavy (non-hydrogen) atoms. The molecule has 0 aromatic heterocycles. The molecule has 0 spiro atoms. The molecule has 0 aliphatic carbocycles. The Kier molecular flexibility index (Phi) is 7.48. The number of hydrogen-bond donors (Lipinski definition) is 2. The monoisotopic (exact) mass is 429 g/mol. The van der Waals surface area contributed by atoms with E-state index in [1.54, 1.807) is 54.6 Å². The number of hydrazone groups is 1. The van der Waals surface area contributed by atoms with Gasteiger partial charge in [-0.3, -0.25) is 9.59 Å². The van der Waals surface area contributed by atoms with E-state index in [2.05, 4.69) is 15.8 Å². The Morgan fingerprint density at radius 1 is 0.875 bits per heavy atom. The van der Waals surface area contributed by atoms with Gasteiger partial charge >= 0.3 is 5.97 Å². The van der Waals surface area contributed by atoms with Crippen LogP contribution < -0.4 is 15.5 Å². The fourth-order valence-electron chi connectivity index (χ4n) is 2.75. The number of esters is 1. The van der Waals surface area contributed by atoms with Crippen molar-refractivity contribution in [2.45, 2.75) is 13.8 Å². The summed E-state index contributed by atoms with van der Waals surface area (Å²) in [6.45, 7) is 3.64. The minimum Gasteiger partial charge on any atom is -0.423 e. The van der Waals surface area contributed by atoms with E-state index in [4.69, 9.17) is 4.74 Å². The van der Waals surface area contributed by atoms with Gasteiger partial charge in [0.2, 0.25) is 0 Å². The number of nitrogens with one attached hydrogen (secondary N) is 2. The number of rotatable bonds is 7. The lowest BCUT2D eigenvalue weighted by Gasteiger charge is -2.05. The second-order valence-corrected chi connectivity index (χ2v) is 7.17. The van der Waals surface area contributed by atoms with Crippen LogP contribution in [0.4, 0.5) is 0 Å². The minimum atomic E-state index is -0.453. The van der Waals surface area contributed by atoms with E-state index >= 15 is 0 Å². The van der Waals surface area contributed by atoms with Crippen LogP contribution in [0.15, 0.2) is 77.9 Å². The maximum Gasteiger partial charge on any atom is 0.343 e. The number of amides is 2. The number of ether oxygens (including phenoxy) is 1. The highest BCUT2D eigenvalue weighted by atomic mass is 16.5. The van der Waals surface area contributed by atoms with Crippen molar-refractivity contribution in [2.75, 3.05) is 6.54 Å². The number of benzene rings is 3. The first kappa shape index (κ1) is 22.4. The van der Waals surface area contributed by atoms with E-state index in [-0.39, 0.29) is 12.5 Å². The zero-order valence-corrected chi connectivity index (χ0v) is 17.8. The molecule has 0 saturated heterocycles. The largest absolute Gasteiger partial charge is 0.423 e. The van der Waals surface area contributed by atoms with Crippen molar-refractivity contribution in [2.24, 2.45) is 5.10 Å². The van der Waals surface area contributed by atoms with Gasteiger partial charge in [0.1, 0.15) is 5.75 Å². The van der Waals surface area contributed by atoms with Crippen LogP contribution in [-0.4, -0.2) is 30.5 Å². The van der Waals surface area contributed by atoms with Gasteiger partial charge in [-0.1, -0.05) is 35.4 Å². The third-order valence-corrected chi connectivity index (χ3v) is 4.47. The second-order valence-electron chi connectivity index (χ2n) is 7.17. The lowest BCUT2D eigenvalue weighted by Crippen LogP contribution is -2.34. The lowest BCUT2D eigenvalue weighted by molar-refractivity contribution is -0.120. The zero-order valence-electron chi connectivity index (χ0n) is 17.8. The normalized spacial score (nSPS) is 10.6. The molecule has 0 heterocycles. The van der Waals surface area contributed by atoms with Gasteiger partial charge in [-0.25, -0.2) is 10.2 Å². The summed E-state index contributed by atoms with van der Waals surface area (Å²) in [7, 11) is 0. The van der Waals surface area contributed by atoms with Crippen molar-refractivity contribution in [3.8, 4) is 5.75 Å². The summed E-state index contributed by atoms with van der Waals surface area (Å²) >= 11 is 0. The standard InChI is InChI=1S/C25H23N3O4/c1-17-6-10-20(11-7-17)24(30)26-16-23(29)28-27-15-19-8-12-22(13-9-19)32-25(31)21-5-3-4-18(2)14-21/h3-15H,16H2,1-2H3,(H,26,30)(H,28,29)/b27-15+. The van der Waals surface area contributed by atoms with Crippen LogP contribution in [0.25, 0.3) is 0 Å². The summed E-state index contributed by atoms with van der Waals surface area (Å²) in [5.41, 5.74) is 6.03. The summed E-state index contributed by atoms with van der Waals surface area (Å²) in [6, 6.07) is 20.9. The molecule has 0 unspecified atom stereocenters. The van der Waals surface area contributed by atoms with Crippen LogP contribution in [0.1, 0.15) is 37.4 Å². The molecular weight excluding hydrogens is 406 g/mol. The summed E-state index contributed by atoms with van der Waals surface area (Å²) < 4.78 is 5.36. The molecule has 0 atom stereocenters. The topological polar surface area (TPSA) is 96.9 Å². The third kappa shape index (κ3) is 6.63. The number of carbonyl (C=O) groups excluding carboxylic acids is 3. The summed E-state index contributed by atoms with van der Waals surface area (Å²) in [4.78, 5) is 36.1. The van der Waals surface area contributed by atoms with Gasteiger partial charge in [-0.05, 0) is 67.9 Å². The lowest BCUT2D eigenvalue weighted by atomic mass is 10.1.